The molecule has 0 saturated heterocycles. The summed E-state index contributed by atoms with van der Waals surface area (Å²) in [5.41, 5.74) is 5.39. The highest BCUT2D eigenvalue weighted by Crippen LogP contribution is 2.67. The number of aryl methyl sites for hydroxylation is 2. The monoisotopic (exact) mass is 548 g/mol. The van der Waals surface area contributed by atoms with Crippen LogP contribution in [-0.2, 0) is 4.74 Å². The van der Waals surface area contributed by atoms with Gasteiger partial charge in [-0.25, -0.2) is 4.79 Å². The van der Waals surface area contributed by atoms with Gasteiger partial charge in [0.15, 0.2) is 0 Å². The maximum atomic E-state index is 13.0. The van der Waals surface area contributed by atoms with Gasteiger partial charge in [-0.3, -0.25) is 0 Å². The second-order valence-corrected chi connectivity index (χ2v) is 14.9. The molecule has 0 heterocycles. The lowest BCUT2D eigenvalue weighted by Crippen LogP contribution is -2.51. The normalized spacial score (nSPS) is 35.5. The van der Waals surface area contributed by atoms with E-state index >= 15 is 0 Å². The van der Waals surface area contributed by atoms with E-state index in [0.29, 0.717) is 16.4 Å². The van der Waals surface area contributed by atoms with Crippen LogP contribution in [0.1, 0.15) is 141 Å². The molecule has 2 heteroatoms. The van der Waals surface area contributed by atoms with Gasteiger partial charge in [0, 0.05) is 6.42 Å². The molecule has 0 aliphatic heterocycles. The fourth-order valence-electron chi connectivity index (χ4n) is 10.1. The largest absolute Gasteiger partial charge is 0.458 e. The van der Waals surface area contributed by atoms with Crippen molar-refractivity contribution < 1.29 is 9.53 Å². The number of esters is 1. The molecule has 3 fully saturated rings. The highest BCUT2D eigenvalue weighted by molar-refractivity contribution is 5.90. The molecule has 0 spiro atoms. The third-order valence-electron chi connectivity index (χ3n) is 12.0. The van der Waals surface area contributed by atoms with Gasteiger partial charge in [0.1, 0.15) is 6.10 Å². The van der Waals surface area contributed by atoms with E-state index in [0.717, 1.165) is 59.5 Å². The first kappa shape index (κ1) is 31.4. The molecule has 0 radical (unpaired) electrons. The Labute approximate surface area is 247 Å². The summed E-state index contributed by atoms with van der Waals surface area (Å²) in [5, 5.41) is 0. The average molecular weight is 549 g/mol. The van der Waals surface area contributed by atoms with E-state index in [9.17, 15) is 4.79 Å². The van der Waals surface area contributed by atoms with Gasteiger partial charge < -0.3 is 4.74 Å². The van der Waals surface area contributed by atoms with Crippen LogP contribution in [0, 0.1) is 60.2 Å². The summed E-state index contributed by atoms with van der Waals surface area (Å²) in [6, 6.07) is 6.04. The molecule has 0 N–H and O–H groups in total. The van der Waals surface area contributed by atoms with Gasteiger partial charge >= 0.3 is 5.97 Å². The fraction of sp³-hybridized carbons (Fsp3) is 0.763. The maximum Gasteiger partial charge on any atom is 0.338 e. The summed E-state index contributed by atoms with van der Waals surface area (Å²) in [4.78, 5) is 13.0. The summed E-state index contributed by atoms with van der Waals surface area (Å²) in [6.45, 7) is 20.7. The quantitative estimate of drug-likeness (QED) is 0.250. The Bertz CT molecular complexity index is 1030. The number of carbonyl (C=O) groups is 1. The van der Waals surface area contributed by atoms with E-state index in [4.69, 9.17) is 4.74 Å². The van der Waals surface area contributed by atoms with Crippen molar-refractivity contribution in [1.82, 2.24) is 0 Å². The Kier molecular flexibility index (Phi) is 9.99. The van der Waals surface area contributed by atoms with Crippen molar-refractivity contribution >= 4 is 5.97 Å². The van der Waals surface area contributed by atoms with E-state index in [1.807, 2.05) is 39.8 Å². The molecule has 1 aromatic rings. The van der Waals surface area contributed by atoms with Crippen molar-refractivity contribution in [2.45, 2.75) is 139 Å². The van der Waals surface area contributed by atoms with Gasteiger partial charge in [-0.1, -0.05) is 96.6 Å². The summed E-state index contributed by atoms with van der Waals surface area (Å²) in [5.74, 6) is 5.03. The molecular weight excluding hydrogens is 488 g/mol. The van der Waals surface area contributed by atoms with Gasteiger partial charge in [0.25, 0.3) is 0 Å². The van der Waals surface area contributed by atoms with Crippen molar-refractivity contribution in [3.63, 3.8) is 0 Å². The highest BCUT2D eigenvalue weighted by Gasteiger charge is 2.59. The molecule has 5 rings (SSSR count). The number of hydrogen-bond acceptors (Lipinski definition) is 2. The molecule has 0 amide bonds. The first-order chi connectivity index (χ1) is 19.0. The molecule has 3 saturated carbocycles. The van der Waals surface area contributed by atoms with Crippen molar-refractivity contribution in [3.05, 3.63) is 46.5 Å². The van der Waals surface area contributed by atoms with Gasteiger partial charge in [0.05, 0.1) is 5.56 Å². The minimum atomic E-state index is -0.146. The molecule has 0 bridgehead atoms. The molecule has 1 aromatic carbocycles. The van der Waals surface area contributed by atoms with Gasteiger partial charge in [-0.05, 0) is 117 Å². The lowest BCUT2D eigenvalue weighted by molar-refractivity contribution is -0.0594. The lowest BCUT2D eigenvalue weighted by Gasteiger charge is -2.58. The minimum absolute atomic E-state index is 0.0237. The van der Waals surface area contributed by atoms with E-state index < -0.39 is 0 Å². The van der Waals surface area contributed by atoms with Crippen LogP contribution in [0.25, 0.3) is 0 Å². The molecule has 0 aromatic heterocycles. The van der Waals surface area contributed by atoms with Crippen molar-refractivity contribution in [3.8, 4) is 0 Å². The molecule has 4 aliphatic carbocycles. The second kappa shape index (κ2) is 12.7. The zero-order chi connectivity index (χ0) is 29.2. The van der Waals surface area contributed by atoms with Crippen LogP contribution in [0.5, 0.6) is 0 Å². The molecule has 4 aliphatic rings. The minimum Gasteiger partial charge on any atom is -0.458 e. The van der Waals surface area contributed by atoms with Crippen LogP contribution in [0.2, 0.25) is 0 Å². The van der Waals surface area contributed by atoms with Gasteiger partial charge in [0.2, 0.25) is 0 Å². The van der Waals surface area contributed by atoms with Crippen LogP contribution in [-0.4, -0.2) is 12.1 Å². The van der Waals surface area contributed by atoms with E-state index in [1.54, 1.807) is 5.57 Å². The zero-order valence-electron chi connectivity index (χ0n) is 27.4. The summed E-state index contributed by atoms with van der Waals surface area (Å²) in [7, 11) is 0. The number of fused-ring (bicyclic) bond motifs is 5. The standard InChI is InChI=1S/C36H54O2.C2H6/c1-23(2)9-8-10-26(5)31-13-14-32-30-12-11-28-22-29(38-34(37)27-20-24(3)19-25(4)21-27)15-17-35(28,6)33(30)16-18-36(31,32)7;1-2/h11,19-21,23,26,29-33H,8-10,12-18,22H2,1-7H3;1-2H3. The van der Waals surface area contributed by atoms with E-state index in [-0.39, 0.29) is 12.1 Å². The smallest absolute Gasteiger partial charge is 0.338 e. The van der Waals surface area contributed by atoms with Gasteiger partial charge in [-0.15, -0.1) is 0 Å². The van der Waals surface area contributed by atoms with Gasteiger partial charge in [-0.2, -0.15) is 0 Å². The summed E-state index contributed by atoms with van der Waals surface area (Å²) >= 11 is 0. The van der Waals surface area contributed by atoms with E-state index in [1.165, 1.54) is 57.8 Å². The predicted octanol–water partition coefficient (Wildman–Crippen LogP) is 10.9. The molecule has 224 valence electrons. The number of carbonyl (C=O) groups excluding carboxylic acids is 1. The Morgan fingerprint density at radius 2 is 1.62 bits per heavy atom. The Hall–Kier alpha value is -1.57. The van der Waals surface area contributed by atoms with Crippen LogP contribution >= 0.6 is 0 Å². The zero-order valence-corrected chi connectivity index (χ0v) is 27.4. The number of ether oxygens (including phenoxy) is 1. The van der Waals surface area contributed by atoms with E-state index in [2.05, 4.69) is 46.8 Å². The highest BCUT2D eigenvalue weighted by atomic mass is 16.5. The maximum absolute atomic E-state index is 13.0. The van der Waals surface area contributed by atoms with Crippen LogP contribution in [0.4, 0.5) is 0 Å². The third kappa shape index (κ3) is 6.12. The average Bonchev–Trinajstić information content (AvgIpc) is 3.26. The first-order valence-corrected chi connectivity index (χ1v) is 17.0. The van der Waals surface area contributed by atoms with Crippen molar-refractivity contribution in [2.75, 3.05) is 0 Å². The molecule has 8 atom stereocenters. The fourth-order valence-corrected chi connectivity index (χ4v) is 10.1. The number of allylic oxidation sites excluding steroid dienone is 1. The molecule has 2 nitrogen and oxygen atoms in total. The topological polar surface area (TPSA) is 26.3 Å². The van der Waals surface area contributed by atoms with Crippen molar-refractivity contribution in [1.29, 1.82) is 0 Å². The third-order valence-corrected chi connectivity index (χ3v) is 12.0. The number of rotatable bonds is 7. The SMILES string of the molecule is CC.Cc1cc(C)cc(C(=O)OC2CCC3(C)C(=CCC4C3CCC3(C)C(C(C)CCCC(C)C)CCC43)C2)c1. The molecule has 40 heavy (non-hydrogen) atoms. The molecule has 8 unspecified atom stereocenters. The van der Waals surface area contributed by atoms with Crippen LogP contribution < -0.4 is 0 Å². The van der Waals surface area contributed by atoms with Crippen LogP contribution in [0.15, 0.2) is 29.8 Å². The van der Waals surface area contributed by atoms with Crippen LogP contribution in [0.3, 0.4) is 0 Å². The summed E-state index contributed by atoms with van der Waals surface area (Å²) in [6.07, 6.45) is 16.9. The Morgan fingerprint density at radius 1 is 0.925 bits per heavy atom. The second-order valence-electron chi connectivity index (χ2n) is 14.9. The Morgan fingerprint density at radius 3 is 2.30 bits per heavy atom. The number of benzene rings is 1. The summed E-state index contributed by atoms with van der Waals surface area (Å²) < 4.78 is 6.11. The first-order valence-electron chi connectivity index (χ1n) is 17.0. The predicted molar refractivity (Wildman–Crippen MR) is 170 cm³/mol. The number of hydrogen-bond donors (Lipinski definition) is 0. The molecular formula is C38H60O2. The Balaban J connectivity index is 0.00000181. The lowest BCUT2D eigenvalue weighted by atomic mass is 9.47. The van der Waals surface area contributed by atoms with Crippen molar-refractivity contribution in [2.24, 2.45) is 46.3 Å².